The molecule has 2 aromatic carbocycles. The predicted octanol–water partition coefficient (Wildman–Crippen LogP) is 3.14. The minimum atomic E-state index is 0.717. The van der Waals surface area contributed by atoms with E-state index in [-0.39, 0.29) is 0 Å². The van der Waals surface area contributed by atoms with Crippen LogP contribution in [0, 0.1) is 0 Å². The van der Waals surface area contributed by atoms with E-state index >= 15 is 0 Å². The maximum absolute atomic E-state index is 5.74. The second-order valence-electron chi connectivity index (χ2n) is 6.09. The number of piperazine rings is 1. The Hall–Kier alpha value is -3.32. The van der Waals surface area contributed by atoms with Crippen molar-refractivity contribution in [2.75, 3.05) is 25.0 Å². The maximum atomic E-state index is 5.74. The lowest BCUT2D eigenvalue weighted by Gasteiger charge is -2.20. The van der Waals surface area contributed by atoms with Gasteiger partial charge in [0.1, 0.15) is 11.0 Å². The Morgan fingerprint density at radius 2 is 1.62 bits per heavy atom. The van der Waals surface area contributed by atoms with Crippen molar-refractivity contribution < 1.29 is 8.83 Å². The fourth-order valence-electron chi connectivity index (χ4n) is 3.18. The molecule has 130 valence electrons. The van der Waals surface area contributed by atoms with Gasteiger partial charge in [-0.1, -0.05) is 24.3 Å². The van der Waals surface area contributed by atoms with Gasteiger partial charge in [-0.25, -0.2) is 10.4 Å². The highest BCUT2D eigenvalue weighted by Gasteiger charge is 2.42. The summed E-state index contributed by atoms with van der Waals surface area (Å²) in [6, 6.07) is 16.2. The molecule has 2 aliphatic heterocycles. The van der Waals surface area contributed by atoms with Crippen molar-refractivity contribution in [2.24, 2.45) is 0 Å². The Morgan fingerprint density at radius 3 is 2.31 bits per heavy atom. The largest absolute Gasteiger partial charge is 0.443 e. The average Bonchev–Trinajstić information content (AvgIpc) is 3.16. The van der Waals surface area contributed by atoms with Crippen molar-refractivity contribution >= 4 is 28.2 Å². The van der Waals surface area contributed by atoms with Gasteiger partial charge in [-0.3, -0.25) is 5.01 Å². The third kappa shape index (κ3) is 2.49. The molecular weight excluding hydrogens is 330 g/mol. The topological polar surface area (TPSA) is 70.3 Å². The molecule has 7 nitrogen and oxygen atoms in total. The molecule has 26 heavy (non-hydrogen) atoms. The minimum Gasteiger partial charge on any atom is -0.443 e. The standard InChI is InChI=1S/C12H12N4O.C7H5NO/c1-13-16-9-6-15(7-10(9)16)12-14-8-4-2-3-5-11(8)17-12;1-2-4-7-6(3-1)8-5-9-7/h2-5,13H,6-7H2,1H3;1-5H. The molecule has 0 spiro atoms. The Labute approximate surface area is 149 Å². The van der Waals surface area contributed by atoms with Gasteiger partial charge in [-0.05, 0) is 24.3 Å². The first-order chi connectivity index (χ1) is 12.8. The zero-order valence-electron chi connectivity index (χ0n) is 14.2. The van der Waals surface area contributed by atoms with Crippen LogP contribution in [0.3, 0.4) is 0 Å². The molecule has 4 heterocycles. The number of fused-ring (bicyclic) bond motifs is 2. The van der Waals surface area contributed by atoms with E-state index < -0.39 is 0 Å². The number of para-hydroxylation sites is 4. The smallest absolute Gasteiger partial charge is 0.299 e. The highest BCUT2D eigenvalue weighted by molar-refractivity contribution is 5.74. The molecule has 0 bridgehead atoms. The van der Waals surface area contributed by atoms with Crippen LogP contribution in [0.4, 0.5) is 6.01 Å². The number of benzene rings is 2. The van der Waals surface area contributed by atoms with Crippen LogP contribution in [0.15, 0.2) is 75.2 Å². The van der Waals surface area contributed by atoms with E-state index in [2.05, 4.69) is 25.3 Å². The normalized spacial score (nSPS) is 15.4. The molecule has 0 atom stereocenters. The number of anilines is 1. The molecule has 1 N–H and O–H groups in total. The van der Waals surface area contributed by atoms with E-state index in [1.165, 1.54) is 17.8 Å². The summed E-state index contributed by atoms with van der Waals surface area (Å²) in [5, 5.41) is 2.11. The van der Waals surface area contributed by atoms with Gasteiger partial charge in [0, 0.05) is 7.05 Å². The molecule has 2 aliphatic rings. The first-order valence-corrected chi connectivity index (χ1v) is 8.42. The number of aromatic nitrogens is 2. The lowest BCUT2D eigenvalue weighted by atomic mass is 10.3. The molecule has 0 unspecified atom stereocenters. The number of hydrogen-bond acceptors (Lipinski definition) is 7. The van der Waals surface area contributed by atoms with E-state index in [0.717, 1.165) is 41.3 Å². The lowest BCUT2D eigenvalue weighted by molar-refractivity contribution is 0.420. The third-order valence-electron chi connectivity index (χ3n) is 4.52. The third-order valence-corrected chi connectivity index (χ3v) is 4.52. The van der Waals surface area contributed by atoms with Crippen molar-refractivity contribution in [2.45, 2.75) is 0 Å². The van der Waals surface area contributed by atoms with Gasteiger partial charge in [0.15, 0.2) is 17.6 Å². The summed E-state index contributed by atoms with van der Waals surface area (Å²) >= 11 is 0. The molecule has 0 fully saturated rings. The summed E-state index contributed by atoms with van der Waals surface area (Å²) < 4.78 is 10.7. The van der Waals surface area contributed by atoms with Gasteiger partial charge >= 0.3 is 0 Å². The predicted molar refractivity (Wildman–Crippen MR) is 98.2 cm³/mol. The zero-order valence-corrected chi connectivity index (χ0v) is 14.2. The number of oxazole rings is 2. The molecule has 0 saturated heterocycles. The van der Waals surface area contributed by atoms with Crippen LogP contribution < -0.4 is 10.3 Å². The van der Waals surface area contributed by atoms with E-state index in [1.807, 2.05) is 55.6 Å². The molecule has 0 aliphatic carbocycles. The van der Waals surface area contributed by atoms with Crippen LogP contribution in [-0.2, 0) is 0 Å². The Kier molecular flexibility index (Phi) is 3.39. The lowest BCUT2D eigenvalue weighted by Crippen LogP contribution is -2.32. The van der Waals surface area contributed by atoms with Crippen molar-refractivity contribution in [1.82, 2.24) is 20.4 Å². The molecule has 4 aromatic rings. The van der Waals surface area contributed by atoms with E-state index in [9.17, 15) is 0 Å². The van der Waals surface area contributed by atoms with Crippen molar-refractivity contribution in [3.63, 3.8) is 0 Å². The molecule has 6 rings (SSSR count). The number of nitrogens with zero attached hydrogens (tertiary/aromatic N) is 4. The minimum absolute atomic E-state index is 0.717. The maximum Gasteiger partial charge on any atom is 0.299 e. The van der Waals surface area contributed by atoms with Crippen molar-refractivity contribution in [3.8, 4) is 0 Å². The molecular formula is C19H17N5O2. The van der Waals surface area contributed by atoms with Gasteiger partial charge < -0.3 is 13.7 Å². The fourth-order valence-corrected chi connectivity index (χ4v) is 3.18. The molecule has 0 saturated carbocycles. The highest BCUT2D eigenvalue weighted by Crippen LogP contribution is 2.38. The first kappa shape index (κ1) is 15.0. The Bertz CT molecular complexity index is 1030. The van der Waals surface area contributed by atoms with Gasteiger partial charge in [0.05, 0.1) is 24.5 Å². The van der Waals surface area contributed by atoms with Crippen molar-refractivity contribution in [3.05, 3.63) is 66.3 Å². The molecule has 2 aromatic heterocycles. The van der Waals surface area contributed by atoms with Crippen molar-refractivity contribution in [1.29, 1.82) is 0 Å². The summed E-state index contributed by atoms with van der Waals surface area (Å²) in [5.41, 5.74) is 9.34. The summed E-state index contributed by atoms with van der Waals surface area (Å²) in [5.74, 6) is 0. The number of hydrogen-bond donors (Lipinski definition) is 1. The van der Waals surface area contributed by atoms with Gasteiger partial charge in [0.25, 0.3) is 6.01 Å². The van der Waals surface area contributed by atoms with E-state index in [0.29, 0.717) is 0 Å². The van der Waals surface area contributed by atoms with Crippen LogP contribution in [0.1, 0.15) is 0 Å². The van der Waals surface area contributed by atoms with E-state index in [4.69, 9.17) is 8.83 Å². The first-order valence-electron chi connectivity index (χ1n) is 8.42. The molecule has 7 heteroatoms. The fraction of sp³-hybridized carbons (Fsp3) is 0.158. The quantitative estimate of drug-likeness (QED) is 0.597. The van der Waals surface area contributed by atoms with Crippen LogP contribution in [0.5, 0.6) is 0 Å². The Balaban J connectivity index is 0.000000141. The number of rotatable bonds is 2. The monoisotopic (exact) mass is 347 g/mol. The highest BCUT2D eigenvalue weighted by atomic mass is 16.4. The summed E-state index contributed by atoms with van der Waals surface area (Å²) in [6.45, 7) is 1.76. The van der Waals surface area contributed by atoms with Gasteiger partial charge in [-0.15, -0.1) is 0 Å². The second-order valence-corrected chi connectivity index (χ2v) is 6.09. The van der Waals surface area contributed by atoms with Gasteiger partial charge in [-0.2, -0.15) is 4.98 Å². The number of hydrazine groups is 1. The van der Waals surface area contributed by atoms with E-state index in [1.54, 1.807) is 0 Å². The zero-order chi connectivity index (χ0) is 17.5. The van der Waals surface area contributed by atoms with Crippen LogP contribution in [0.25, 0.3) is 22.2 Å². The Morgan fingerprint density at radius 1 is 0.923 bits per heavy atom. The average molecular weight is 347 g/mol. The van der Waals surface area contributed by atoms with Crippen LogP contribution >= 0.6 is 0 Å². The summed E-state index contributed by atoms with van der Waals surface area (Å²) in [4.78, 5) is 10.6. The summed E-state index contributed by atoms with van der Waals surface area (Å²) in [6.07, 6.45) is 1.45. The summed E-state index contributed by atoms with van der Waals surface area (Å²) in [7, 11) is 1.93. The molecule has 0 amide bonds. The number of nitrogens with one attached hydrogen (secondary N) is 1. The van der Waals surface area contributed by atoms with Crippen LogP contribution in [0.2, 0.25) is 0 Å². The van der Waals surface area contributed by atoms with Gasteiger partial charge in [0.2, 0.25) is 0 Å². The SMILES string of the molecule is CNN1C2=C1CN(c1nc3ccccc3o1)C2.c1ccc2ocnc2c1. The molecule has 0 radical (unpaired) electrons. The second kappa shape index (κ2) is 5.89. The van der Waals surface area contributed by atoms with Crippen LogP contribution in [-0.4, -0.2) is 35.1 Å².